The first-order valence-electron chi connectivity index (χ1n) is 9.65. The maximum absolute atomic E-state index is 5.59. The van der Waals surface area contributed by atoms with Crippen LogP contribution in [0.5, 0.6) is 0 Å². The fourth-order valence-electron chi connectivity index (χ4n) is 2.97. The van der Waals surface area contributed by atoms with Crippen LogP contribution in [0.1, 0.15) is 90.2 Å². The molecule has 0 spiro atoms. The van der Waals surface area contributed by atoms with E-state index in [4.69, 9.17) is 12.2 Å². The molecule has 136 valence electrons. The highest BCUT2D eigenvalue weighted by Crippen LogP contribution is 2.34. The summed E-state index contributed by atoms with van der Waals surface area (Å²) in [4.78, 5) is 0. The molecule has 0 saturated heterocycles. The van der Waals surface area contributed by atoms with Crippen molar-refractivity contribution in [1.29, 1.82) is 0 Å². The molecule has 0 bridgehead atoms. The molecule has 0 radical (unpaired) electrons. The number of hydrogen-bond donors (Lipinski definition) is 2. The molecule has 0 heterocycles. The third-order valence-electron chi connectivity index (χ3n) is 5.36. The second-order valence-electron chi connectivity index (χ2n) is 6.95. The van der Waals surface area contributed by atoms with Crippen LogP contribution in [0.15, 0.2) is 18.2 Å². The van der Waals surface area contributed by atoms with Crippen molar-refractivity contribution in [1.82, 2.24) is 5.32 Å². The molecular weight excluding hydrogens is 312 g/mol. The first-order valence-corrected chi connectivity index (χ1v) is 10.1. The first-order chi connectivity index (χ1) is 11.5. The molecule has 2 nitrogen and oxygen atoms in total. The Balaban J connectivity index is 2.99. The van der Waals surface area contributed by atoms with Crippen molar-refractivity contribution < 1.29 is 0 Å². The molecule has 0 amide bonds. The molecule has 0 aliphatic heterocycles. The number of benzene rings is 1. The molecule has 2 atom stereocenters. The van der Waals surface area contributed by atoms with Crippen LogP contribution in [-0.2, 0) is 0 Å². The number of rotatable bonds is 9. The number of para-hydroxylation sites is 1. The van der Waals surface area contributed by atoms with Crippen molar-refractivity contribution in [2.75, 3.05) is 11.9 Å². The van der Waals surface area contributed by atoms with Crippen LogP contribution < -0.4 is 10.6 Å². The summed E-state index contributed by atoms with van der Waals surface area (Å²) in [5.41, 5.74) is 3.98. The van der Waals surface area contributed by atoms with Crippen LogP contribution in [-0.4, -0.2) is 11.7 Å². The summed E-state index contributed by atoms with van der Waals surface area (Å²) < 4.78 is 0. The van der Waals surface area contributed by atoms with Crippen LogP contribution in [0.25, 0.3) is 0 Å². The van der Waals surface area contributed by atoms with Crippen LogP contribution in [0.4, 0.5) is 5.69 Å². The number of nitrogens with one attached hydrogen (secondary N) is 2. The van der Waals surface area contributed by atoms with Crippen molar-refractivity contribution >= 4 is 23.0 Å². The zero-order valence-corrected chi connectivity index (χ0v) is 17.2. The zero-order valence-electron chi connectivity index (χ0n) is 16.4. The SMILES string of the molecule is CCC(CC)CNC(=S)Nc1c(C(C)CC)cccc1C(C)CC. The molecular formula is C21H36N2S. The average Bonchev–Trinajstić information content (AvgIpc) is 2.61. The molecule has 1 aromatic carbocycles. The Morgan fingerprint density at radius 1 is 0.917 bits per heavy atom. The van der Waals surface area contributed by atoms with Crippen LogP contribution in [0.2, 0.25) is 0 Å². The number of hydrogen-bond acceptors (Lipinski definition) is 1. The highest BCUT2D eigenvalue weighted by molar-refractivity contribution is 7.80. The second kappa shape index (κ2) is 10.7. The van der Waals surface area contributed by atoms with Crippen molar-refractivity contribution in [2.24, 2.45) is 5.92 Å². The lowest BCUT2D eigenvalue weighted by atomic mass is 9.89. The van der Waals surface area contributed by atoms with E-state index in [0.29, 0.717) is 17.8 Å². The van der Waals surface area contributed by atoms with Crippen molar-refractivity contribution in [3.63, 3.8) is 0 Å². The van der Waals surface area contributed by atoms with Gasteiger partial charge in [0.15, 0.2) is 5.11 Å². The molecule has 0 saturated carbocycles. The summed E-state index contributed by atoms with van der Waals surface area (Å²) >= 11 is 5.59. The Morgan fingerprint density at radius 2 is 1.42 bits per heavy atom. The lowest BCUT2D eigenvalue weighted by Gasteiger charge is -2.24. The highest BCUT2D eigenvalue weighted by atomic mass is 32.1. The Kier molecular flexibility index (Phi) is 9.35. The standard InChI is InChI=1S/C21H36N2S/c1-7-15(5)18-12-11-13-19(16(6)8-2)20(18)23-21(24)22-14-17(9-3)10-4/h11-13,15-17H,7-10,14H2,1-6H3,(H2,22,23,24). The van der Waals surface area contributed by atoms with E-state index in [9.17, 15) is 0 Å². The van der Waals surface area contributed by atoms with Gasteiger partial charge in [-0.3, -0.25) is 0 Å². The van der Waals surface area contributed by atoms with Gasteiger partial charge in [-0.1, -0.05) is 72.6 Å². The van der Waals surface area contributed by atoms with Gasteiger partial charge < -0.3 is 10.6 Å². The molecule has 3 heteroatoms. The quantitative estimate of drug-likeness (QED) is 0.502. The van der Waals surface area contributed by atoms with E-state index in [1.807, 2.05) is 0 Å². The van der Waals surface area contributed by atoms with Gasteiger partial charge in [-0.05, 0) is 53.9 Å². The number of anilines is 1. The van der Waals surface area contributed by atoms with E-state index >= 15 is 0 Å². The average molecular weight is 349 g/mol. The van der Waals surface area contributed by atoms with Crippen LogP contribution in [0, 0.1) is 5.92 Å². The Bertz CT molecular complexity index is 480. The normalized spacial score (nSPS) is 13.6. The molecule has 0 aliphatic rings. The third-order valence-corrected chi connectivity index (χ3v) is 5.61. The fourth-order valence-corrected chi connectivity index (χ4v) is 3.15. The van der Waals surface area contributed by atoms with Gasteiger partial charge in [0.05, 0.1) is 0 Å². The van der Waals surface area contributed by atoms with Gasteiger partial charge in [0.2, 0.25) is 0 Å². The Hall–Kier alpha value is -1.09. The first kappa shape index (κ1) is 21.0. The molecule has 2 N–H and O–H groups in total. The van der Waals surface area contributed by atoms with E-state index in [0.717, 1.165) is 24.5 Å². The van der Waals surface area contributed by atoms with Crippen molar-refractivity contribution in [3.05, 3.63) is 29.3 Å². The summed E-state index contributed by atoms with van der Waals surface area (Å²) in [6, 6.07) is 6.67. The summed E-state index contributed by atoms with van der Waals surface area (Å²) in [5, 5.41) is 7.71. The van der Waals surface area contributed by atoms with Crippen LogP contribution in [0.3, 0.4) is 0 Å². The maximum atomic E-state index is 5.59. The summed E-state index contributed by atoms with van der Waals surface area (Å²) in [6.45, 7) is 14.5. The predicted molar refractivity (Wildman–Crippen MR) is 112 cm³/mol. The maximum Gasteiger partial charge on any atom is 0.170 e. The molecule has 2 unspecified atom stereocenters. The largest absolute Gasteiger partial charge is 0.362 e. The molecule has 1 aromatic rings. The predicted octanol–water partition coefficient (Wildman–Crippen LogP) is 6.44. The topological polar surface area (TPSA) is 24.1 Å². The minimum Gasteiger partial charge on any atom is -0.362 e. The van der Waals surface area contributed by atoms with Gasteiger partial charge in [0, 0.05) is 12.2 Å². The van der Waals surface area contributed by atoms with E-state index in [-0.39, 0.29) is 0 Å². The van der Waals surface area contributed by atoms with Crippen molar-refractivity contribution in [3.8, 4) is 0 Å². The third kappa shape index (κ3) is 5.77. The van der Waals surface area contributed by atoms with Gasteiger partial charge in [-0.25, -0.2) is 0 Å². The van der Waals surface area contributed by atoms with E-state index in [2.05, 4.69) is 70.4 Å². The zero-order chi connectivity index (χ0) is 18.1. The lowest BCUT2D eigenvalue weighted by molar-refractivity contribution is 0.485. The Morgan fingerprint density at radius 3 is 1.83 bits per heavy atom. The van der Waals surface area contributed by atoms with Gasteiger partial charge >= 0.3 is 0 Å². The van der Waals surface area contributed by atoms with E-state index in [1.54, 1.807) is 0 Å². The summed E-state index contributed by atoms with van der Waals surface area (Å²) in [7, 11) is 0. The monoisotopic (exact) mass is 348 g/mol. The van der Waals surface area contributed by atoms with E-state index < -0.39 is 0 Å². The van der Waals surface area contributed by atoms with Crippen LogP contribution >= 0.6 is 12.2 Å². The second-order valence-corrected chi connectivity index (χ2v) is 7.36. The fraction of sp³-hybridized carbons (Fsp3) is 0.667. The van der Waals surface area contributed by atoms with E-state index in [1.165, 1.54) is 29.7 Å². The van der Waals surface area contributed by atoms with Crippen molar-refractivity contribution in [2.45, 2.75) is 79.1 Å². The highest BCUT2D eigenvalue weighted by Gasteiger charge is 2.17. The molecule has 24 heavy (non-hydrogen) atoms. The van der Waals surface area contributed by atoms with Gasteiger partial charge in [0.25, 0.3) is 0 Å². The van der Waals surface area contributed by atoms with Gasteiger partial charge in [0.1, 0.15) is 0 Å². The van der Waals surface area contributed by atoms with Gasteiger partial charge in [-0.2, -0.15) is 0 Å². The molecule has 0 fully saturated rings. The Labute approximate surface area is 154 Å². The minimum absolute atomic E-state index is 0.526. The number of thiocarbonyl (C=S) groups is 1. The molecule has 1 rings (SSSR count). The smallest absolute Gasteiger partial charge is 0.170 e. The van der Waals surface area contributed by atoms with Gasteiger partial charge in [-0.15, -0.1) is 0 Å². The minimum atomic E-state index is 0.526. The molecule has 0 aromatic heterocycles. The lowest BCUT2D eigenvalue weighted by Crippen LogP contribution is -2.33. The summed E-state index contributed by atoms with van der Waals surface area (Å²) in [5.74, 6) is 1.74. The molecule has 0 aliphatic carbocycles. The summed E-state index contributed by atoms with van der Waals surface area (Å²) in [6.07, 6.45) is 4.64.